The molecule has 0 aromatic heterocycles. The minimum atomic E-state index is 0.335. The molecule has 1 N–H and O–H groups in total. The lowest BCUT2D eigenvalue weighted by Crippen LogP contribution is -2.42. The van der Waals surface area contributed by atoms with Gasteiger partial charge in [0.15, 0.2) is 0 Å². The molecular formula is C14H16N2O. The number of hydrogen-bond donors (Lipinski definition) is 1. The molecule has 0 spiro atoms. The van der Waals surface area contributed by atoms with Crippen LogP contribution in [0.3, 0.4) is 0 Å². The molecule has 0 saturated carbocycles. The highest BCUT2D eigenvalue weighted by atomic mass is 16.5. The molecule has 3 rings (SSSR count). The summed E-state index contributed by atoms with van der Waals surface area (Å²) in [6.07, 6.45) is 5.13. The summed E-state index contributed by atoms with van der Waals surface area (Å²) >= 11 is 0. The monoisotopic (exact) mass is 228 g/mol. The highest BCUT2D eigenvalue weighted by molar-refractivity contribution is 5.34. The third-order valence-electron chi connectivity index (χ3n) is 3.72. The second-order valence-electron chi connectivity index (χ2n) is 4.99. The quantitative estimate of drug-likeness (QED) is 0.844. The van der Waals surface area contributed by atoms with Crippen LogP contribution in [0, 0.1) is 11.3 Å². The Morgan fingerprint density at radius 3 is 2.35 bits per heavy atom. The fraction of sp³-hybridized carbons (Fsp3) is 0.500. The zero-order valence-electron chi connectivity index (χ0n) is 9.73. The molecule has 2 bridgehead atoms. The Morgan fingerprint density at radius 2 is 1.76 bits per heavy atom. The predicted octanol–water partition coefficient (Wildman–Crippen LogP) is 2.22. The molecule has 1 unspecified atom stereocenters. The summed E-state index contributed by atoms with van der Waals surface area (Å²) < 4.78 is 5.99. The Bertz CT molecular complexity index is 423. The Hall–Kier alpha value is -1.53. The number of benzene rings is 1. The van der Waals surface area contributed by atoms with Crippen LogP contribution in [0.25, 0.3) is 0 Å². The van der Waals surface area contributed by atoms with Crippen molar-refractivity contribution in [2.24, 2.45) is 0 Å². The van der Waals surface area contributed by atoms with Gasteiger partial charge in [0.25, 0.3) is 0 Å². The summed E-state index contributed by atoms with van der Waals surface area (Å²) in [6.45, 7) is 0. The highest BCUT2D eigenvalue weighted by Gasteiger charge is 2.34. The van der Waals surface area contributed by atoms with Crippen LogP contribution in [0.15, 0.2) is 24.3 Å². The van der Waals surface area contributed by atoms with Crippen LogP contribution in [0.1, 0.15) is 31.2 Å². The second-order valence-corrected chi connectivity index (χ2v) is 4.99. The van der Waals surface area contributed by atoms with Crippen molar-refractivity contribution in [3.8, 4) is 11.8 Å². The van der Waals surface area contributed by atoms with E-state index in [-0.39, 0.29) is 0 Å². The topological polar surface area (TPSA) is 45.0 Å². The van der Waals surface area contributed by atoms with Crippen molar-refractivity contribution in [2.75, 3.05) is 0 Å². The normalized spacial score (nSPS) is 30.9. The zero-order valence-corrected chi connectivity index (χ0v) is 9.73. The molecule has 0 amide bonds. The van der Waals surface area contributed by atoms with Gasteiger partial charge >= 0.3 is 0 Å². The zero-order chi connectivity index (χ0) is 11.7. The van der Waals surface area contributed by atoms with Gasteiger partial charge < -0.3 is 10.1 Å². The molecule has 2 aliphatic heterocycles. The SMILES string of the molecule is N#Cc1ccc(OC2C[C@H]3CC[C@@H](C2)N3)cc1. The summed E-state index contributed by atoms with van der Waals surface area (Å²) in [5.74, 6) is 0.885. The van der Waals surface area contributed by atoms with E-state index in [9.17, 15) is 0 Å². The average Bonchev–Trinajstić information content (AvgIpc) is 2.70. The van der Waals surface area contributed by atoms with Gasteiger partial charge in [0, 0.05) is 12.1 Å². The fourth-order valence-corrected chi connectivity index (χ4v) is 2.90. The van der Waals surface area contributed by atoms with Gasteiger partial charge in [-0.05, 0) is 49.9 Å². The first kappa shape index (κ1) is 10.6. The number of piperidine rings is 1. The van der Waals surface area contributed by atoms with E-state index < -0.39 is 0 Å². The van der Waals surface area contributed by atoms with E-state index in [0.717, 1.165) is 18.6 Å². The Balaban J connectivity index is 1.64. The molecule has 1 aromatic rings. The van der Waals surface area contributed by atoms with Crippen molar-refractivity contribution in [1.82, 2.24) is 5.32 Å². The molecule has 0 aliphatic carbocycles. The van der Waals surface area contributed by atoms with Gasteiger partial charge in [-0.2, -0.15) is 5.26 Å². The highest BCUT2D eigenvalue weighted by Crippen LogP contribution is 2.29. The van der Waals surface area contributed by atoms with Crippen molar-refractivity contribution in [3.63, 3.8) is 0 Å². The first-order valence-corrected chi connectivity index (χ1v) is 6.26. The van der Waals surface area contributed by atoms with Crippen LogP contribution in [0.4, 0.5) is 0 Å². The number of nitrogens with zero attached hydrogens (tertiary/aromatic N) is 1. The number of nitrogens with one attached hydrogen (secondary N) is 1. The molecule has 2 aliphatic rings. The maximum atomic E-state index is 8.73. The van der Waals surface area contributed by atoms with Crippen LogP contribution in [-0.4, -0.2) is 18.2 Å². The number of fused-ring (bicyclic) bond motifs is 2. The van der Waals surface area contributed by atoms with E-state index in [4.69, 9.17) is 10.00 Å². The molecule has 1 aromatic carbocycles. The van der Waals surface area contributed by atoms with Crippen LogP contribution in [-0.2, 0) is 0 Å². The van der Waals surface area contributed by atoms with E-state index in [0.29, 0.717) is 23.8 Å². The Kier molecular flexibility index (Phi) is 2.74. The Labute approximate surface area is 101 Å². The molecular weight excluding hydrogens is 212 g/mol. The largest absolute Gasteiger partial charge is 0.490 e. The number of hydrogen-bond acceptors (Lipinski definition) is 3. The molecule has 3 atom stereocenters. The molecule has 2 saturated heterocycles. The maximum absolute atomic E-state index is 8.73. The van der Waals surface area contributed by atoms with Crippen LogP contribution in [0.2, 0.25) is 0 Å². The second kappa shape index (κ2) is 4.38. The molecule has 0 radical (unpaired) electrons. The van der Waals surface area contributed by atoms with Gasteiger partial charge in [-0.15, -0.1) is 0 Å². The van der Waals surface area contributed by atoms with Gasteiger partial charge in [-0.1, -0.05) is 0 Å². The van der Waals surface area contributed by atoms with Gasteiger partial charge in [0.2, 0.25) is 0 Å². The summed E-state index contributed by atoms with van der Waals surface area (Å²) in [5, 5.41) is 12.3. The first-order chi connectivity index (χ1) is 8.33. The maximum Gasteiger partial charge on any atom is 0.119 e. The molecule has 17 heavy (non-hydrogen) atoms. The number of rotatable bonds is 2. The minimum Gasteiger partial charge on any atom is -0.490 e. The molecule has 2 fully saturated rings. The molecule has 3 heteroatoms. The van der Waals surface area contributed by atoms with Gasteiger partial charge in [0.1, 0.15) is 11.9 Å². The predicted molar refractivity (Wildman–Crippen MR) is 64.8 cm³/mol. The van der Waals surface area contributed by atoms with Gasteiger partial charge in [-0.25, -0.2) is 0 Å². The summed E-state index contributed by atoms with van der Waals surface area (Å²) in [4.78, 5) is 0. The van der Waals surface area contributed by atoms with Crippen molar-refractivity contribution >= 4 is 0 Å². The van der Waals surface area contributed by atoms with E-state index in [1.165, 1.54) is 12.8 Å². The van der Waals surface area contributed by atoms with E-state index in [1.54, 1.807) is 0 Å². The van der Waals surface area contributed by atoms with Crippen molar-refractivity contribution in [1.29, 1.82) is 5.26 Å². The third-order valence-corrected chi connectivity index (χ3v) is 3.72. The lowest BCUT2D eigenvalue weighted by Gasteiger charge is -2.29. The molecule has 88 valence electrons. The fourth-order valence-electron chi connectivity index (χ4n) is 2.90. The summed E-state index contributed by atoms with van der Waals surface area (Å²) in [6, 6.07) is 10.8. The summed E-state index contributed by atoms with van der Waals surface area (Å²) in [5.41, 5.74) is 0.683. The van der Waals surface area contributed by atoms with E-state index in [2.05, 4.69) is 11.4 Å². The van der Waals surface area contributed by atoms with Crippen molar-refractivity contribution in [3.05, 3.63) is 29.8 Å². The van der Waals surface area contributed by atoms with Crippen LogP contribution in [0.5, 0.6) is 5.75 Å². The lowest BCUT2D eigenvalue weighted by atomic mass is 10.0. The standard InChI is InChI=1S/C14H16N2O/c15-9-10-1-5-13(6-2-10)17-14-7-11-3-4-12(8-14)16-11/h1-2,5-6,11-12,14,16H,3-4,7-8H2/t11-,12+,14?. The average molecular weight is 228 g/mol. The number of nitriles is 1. The molecule has 2 heterocycles. The molecule has 3 nitrogen and oxygen atoms in total. The smallest absolute Gasteiger partial charge is 0.119 e. The lowest BCUT2D eigenvalue weighted by molar-refractivity contribution is 0.137. The van der Waals surface area contributed by atoms with Crippen molar-refractivity contribution in [2.45, 2.75) is 43.9 Å². The van der Waals surface area contributed by atoms with Crippen LogP contribution < -0.4 is 10.1 Å². The van der Waals surface area contributed by atoms with Crippen LogP contribution >= 0.6 is 0 Å². The van der Waals surface area contributed by atoms with E-state index in [1.807, 2.05) is 24.3 Å². The van der Waals surface area contributed by atoms with Crippen molar-refractivity contribution < 1.29 is 4.74 Å². The third kappa shape index (κ3) is 2.27. The minimum absolute atomic E-state index is 0.335. The van der Waals surface area contributed by atoms with Gasteiger partial charge in [0.05, 0.1) is 11.6 Å². The van der Waals surface area contributed by atoms with E-state index >= 15 is 0 Å². The van der Waals surface area contributed by atoms with Gasteiger partial charge in [-0.3, -0.25) is 0 Å². The number of ether oxygens (including phenoxy) is 1. The Morgan fingerprint density at radius 1 is 1.12 bits per heavy atom. The summed E-state index contributed by atoms with van der Waals surface area (Å²) in [7, 11) is 0. The first-order valence-electron chi connectivity index (χ1n) is 6.26.